The van der Waals surface area contributed by atoms with E-state index < -0.39 is 0 Å². The number of aryl methyl sites for hydroxylation is 7. The van der Waals surface area contributed by atoms with E-state index in [1.807, 2.05) is 13.8 Å². The fourth-order valence-corrected chi connectivity index (χ4v) is 6.43. The van der Waals surface area contributed by atoms with Crippen molar-refractivity contribution in [1.82, 2.24) is 34.5 Å². The standard InChI is InChI=1S/C13H19N3.C12H16N2O.C12H16N2S/c1-7(2)13-15-12-11(16(13)6)9(4)8(3)10(5)14-12;2*1-6(2)12-14-11-10(15-12)8(4)7(3)9(5)13-11/h7H,1-6H3;2*6H,1-5H3. The van der Waals surface area contributed by atoms with Gasteiger partial charge >= 0.3 is 0 Å². The highest BCUT2D eigenvalue weighted by molar-refractivity contribution is 7.18. The van der Waals surface area contributed by atoms with Crippen LogP contribution in [0.3, 0.4) is 0 Å². The van der Waals surface area contributed by atoms with Crippen LogP contribution in [-0.4, -0.2) is 34.5 Å². The molecule has 0 radical (unpaired) electrons. The molecule has 0 fully saturated rings. The predicted molar refractivity (Wildman–Crippen MR) is 193 cm³/mol. The predicted octanol–water partition coefficient (Wildman–Crippen LogP) is 10.0. The van der Waals surface area contributed by atoms with E-state index in [2.05, 4.69) is 132 Å². The average molecular weight is 642 g/mol. The van der Waals surface area contributed by atoms with Gasteiger partial charge in [0.05, 0.1) is 15.2 Å². The van der Waals surface area contributed by atoms with E-state index in [4.69, 9.17) is 4.42 Å². The first-order chi connectivity index (χ1) is 21.4. The summed E-state index contributed by atoms with van der Waals surface area (Å²) < 4.78 is 9.15. The van der Waals surface area contributed by atoms with Crippen molar-refractivity contribution in [2.24, 2.45) is 7.05 Å². The lowest BCUT2D eigenvalue weighted by molar-refractivity contribution is 0.500. The summed E-state index contributed by atoms with van der Waals surface area (Å²) in [5.41, 5.74) is 15.3. The molecule has 0 unspecified atom stereocenters. The smallest absolute Gasteiger partial charge is 0.199 e. The SMILES string of the molecule is Cc1nc2nc(C(C)C)n(C)c2c(C)c1C.Cc1nc2nc(C(C)C)oc2c(C)c1C.Cc1nc2nc(C(C)C)sc2c(C)c1C. The van der Waals surface area contributed by atoms with Crippen molar-refractivity contribution in [3.8, 4) is 0 Å². The Morgan fingerprint density at radius 1 is 0.522 bits per heavy atom. The molecule has 0 aliphatic heterocycles. The van der Waals surface area contributed by atoms with Crippen LogP contribution in [0.15, 0.2) is 4.42 Å². The van der Waals surface area contributed by atoms with Crippen LogP contribution in [0, 0.1) is 62.3 Å². The highest BCUT2D eigenvalue weighted by atomic mass is 32.1. The molecule has 6 rings (SSSR count). The van der Waals surface area contributed by atoms with Crippen molar-refractivity contribution >= 4 is 44.1 Å². The molecule has 0 atom stereocenters. The maximum Gasteiger partial charge on any atom is 0.199 e. The molecule has 0 bridgehead atoms. The van der Waals surface area contributed by atoms with Gasteiger partial charge in [-0.05, 0) is 90.1 Å². The normalized spacial score (nSPS) is 11.6. The van der Waals surface area contributed by atoms with Crippen LogP contribution in [0.2, 0.25) is 0 Å². The lowest BCUT2D eigenvalue weighted by atomic mass is 10.1. The summed E-state index contributed by atoms with van der Waals surface area (Å²) >= 11 is 1.78. The second-order valence-electron chi connectivity index (χ2n) is 13.4. The number of hydrogen-bond donors (Lipinski definition) is 0. The fourth-order valence-electron chi connectivity index (χ4n) is 5.37. The largest absolute Gasteiger partial charge is 0.438 e. The molecular formula is C37H51N7OS. The van der Waals surface area contributed by atoms with E-state index in [9.17, 15) is 0 Å². The molecule has 0 spiro atoms. The molecule has 0 aromatic carbocycles. The topological polar surface area (TPSA) is 95.4 Å². The number of fused-ring (bicyclic) bond motifs is 3. The van der Waals surface area contributed by atoms with Crippen molar-refractivity contribution in [3.05, 3.63) is 67.2 Å². The molecule has 6 aromatic heterocycles. The number of pyridine rings is 3. The average Bonchev–Trinajstić information content (AvgIpc) is 3.70. The van der Waals surface area contributed by atoms with Crippen LogP contribution in [0.4, 0.5) is 0 Å². The number of hydrogen-bond acceptors (Lipinski definition) is 8. The first-order valence-electron chi connectivity index (χ1n) is 16.2. The van der Waals surface area contributed by atoms with Gasteiger partial charge in [-0.15, -0.1) is 11.3 Å². The number of oxazole rings is 1. The van der Waals surface area contributed by atoms with E-state index >= 15 is 0 Å². The van der Waals surface area contributed by atoms with Crippen LogP contribution in [0.25, 0.3) is 32.7 Å². The van der Waals surface area contributed by atoms with Crippen LogP contribution in [-0.2, 0) is 7.05 Å². The third kappa shape index (κ3) is 6.70. The third-order valence-electron chi connectivity index (χ3n) is 9.04. The van der Waals surface area contributed by atoms with E-state index in [0.717, 1.165) is 56.9 Å². The van der Waals surface area contributed by atoms with Gasteiger partial charge in [0.2, 0.25) is 0 Å². The zero-order valence-corrected chi connectivity index (χ0v) is 31.5. The Kier molecular flexibility index (Phi) is 10.4. The van der Waals surface area contributed by atoms with E-state index in [-0.39, 0.29) is 0 Å². The number of rotatable bonds is 3. The monoisotopic (exact) mass is 641 g/mol. The summed E-state index contributed by atoms with van der Waals surface area (Å²) in [4.78, 5) is 27.1. The minimum Gasteiger partial charge on any atom is -0.438 e. The Bertz CT molecular complexity index is 1950. The summed E-state index contributed by atoms with van der Waals surface area (Å²) in [6, 6.07) is 0. The first kappa shape index (κ1) is 35.1. The summed E-state index contributed by atoms with van der Waals surface area (Å²) in [5, 5.41) is 1.19. The van der Waals surface area contributed by atoms with Crippen LogP contribution >= 0.6 is 11.3 Å². The molecular weight excluding hydrogens is 591 g/mol. The molecule has 6 heterocycles. The van der Waals surface area contributed by atoms with Gasteiger partial charge in [-0.2, -0.15) is 4.98 Å². The lowest BCUT2D eigenvalue weighted by Crippen LogP contribution is -2.01. The first-order valence-corrected chi connectivity index (χ1v) is 17.0. The van der Waals surface area contributed by atoms with Gasteiger partial charge in [0.25, 0.3) is 0 Å². The summed E-state index contributed by atoms with van der Waals surface area (Å²) in [6.45, 7) is 31.6. The zero-order valence-electron chi connectivity index (χ0n) is 30.7. The molecule has 46 heavy (non-hydrogen) atoms. The summed E-state index contributed by atoms with van der Waals surface area (Å²) in [6.07, 6.45) is 0. The van der Waals surface area contributed by atoms with Gasteiger partial charge in [0.1, 0.15) is 5.82 Å². The van der Waals surface area contributed by atoms with Gasteiger partial charge in [0, 0.05) is 47.4 Å². The van der Waals surface area contributed by atoms with Gasteiger partial charge < -0.3 is 8.98 Å². The lowest BCUT2D eigenvalue weighted by Gasteiger charge is -2.08. The zero-order chi connectivity index (χ0) is 34.4. The van der Waals surface area contributed by atoms with E-state index in [1.165, 1.54) is 43.0 Å². The molecule has 246 valence electrons. The van der Waals surface area contributed by atoms with Crippen molar-refractivity contribution in [2.45, 2.75) is 122 Å². The van der Waals surface area contributed by atoms with Crippen LogP contribution < -0.4 is 0 Å². The molecule has 8 nitrogen and oxygen atoms in total. The number of nitrogens with zero attached hydrogens (tertiary/aromatic N) is 7. The second-order valence-corrected chi connectivity index (χ2v) is 14.4. The third-order valence-corrected chi connectivity index (χ3v) is 10.5. The quantitative estimate of drug-likeness (QED) is 0.190. The molecule has 0 aliphatic rings. The van der Waals surface area contributed by atoms with Crippen molar-refractivity contribution in [2.75, 3.05) is 0 Å². The molecule has 9 heteroatoms. The summed E-state index contributed by atoms with van der Waals surface area (Å²) in [5.74, 6) is 3.10. The van der Waals surface area contributed by atoms with Crippen LogP contribution in [0.1, 0.15) is 126 Å². The van der Waals surface area contributed by atoms with Crippen molar-refractivity contribution in [3.63, 3.8) is 0 Å². The van der Waals surface area contributed by atoms with Gasteiger partial charge in [0.15, 0.2) is 28.4 Å². The van der Waals surface area contributed by atoms with Crippen LogP contribution in [0.5, 0.6) is 0 Å². The van der Waals surface area contributed by atoms with Gasteiger partial charge in [-0.3, -0.25) is 0 Å². The highest BCUT2D eigenvalue weighted by Crippen LogP contribution is 2.31. The Hall–Kier alpha value is -3.72. The Morgan fingerprint density at radius 3 is 1.59 bits per heavy atom. The number of imidazole rings is 1. The molecule has 0 saturated heterocycles. The maximum absolute atomic E-state index is 5.72. The molecule has 0 saturated carbocycles. The minimum absolute atomic E-state index is 0.305. The Morgan fingerprint density at radius 2 is 1.04 bits per heavy atom. The highest BCUT2D eigenvalue weighted by Gasteiger charge is 2.17. The molecule has 0 aliphatic carbocycles. The van der Waals surface area contributed by atoms with Gasteiger partial charge in [-0.25, -0.2) is 24.9 Å². The minimum atomic E-state index is 0.305. The fraction of sp³-hybridized carbons (Fsp3) is 0.514. The molecule has 6 aromatic rings. The maximum atomic E-state index is 5.72. The Labute approximate surface area is 278 Å². The number of aromatic nitrogens is 7. The van der Waals surface area contributed by atoms with Crippen molar-refractivity contribution in [1.29, 1.82) is 0 Å². The van der Waals surface area contributed by atoms with Gasteiger partial charge in [-0.1, -0.05) is 41.5 Å². The van der Waals surface area contributed by atoms with Crippen molar-refractivity contribution < 1.29 is 4.42 Å². The number of thiazole rings is 1. The molecule has 0 N–H and O–H groups in total. The molecule has 0 amide bonds. The summed E-state index contributed by atoms with van der Waals surface area (Å²) in [7, 11) is 2.08. The Balaban J connectivity index is 0.000000157. The second kappa shape index (κ2) is 13.6. The van der Waals surface area contributed by atoms with E-state index in [0.29, 0.717) is 17.8 Å². The van der Waals surface area contributed by atoms with E-state index in [1.54, 1.807) is 11.3 Å².